The molecule has 0 saturated carbocycles. The smallest absolute Gasteiger partial charge is 0.275 e. The molecule has 0 aromatic carbocycles. The highest BCUT2D eigenvalue weighted by molar-refractivity contribution is 7.19. The van der Waals surface area contributed by atoms with Crippen molar-refractivity contribution >= 4 is 21.4 Å². The van der Waals surface area contributed by atoms with Crippen LogP contribution in [0.2, 0.25) is 0 Å². The molecule has 0 atom stereocenters. The highest BCUT2D eigenvalue weighted by Crippen LogP contribution is 2.28. The van der Waals surface area contributed by atoms with Gasteiger partial charge in [-0.1, -0.05) is 19.9 Å². The molecule has 0 fully saturated rings. The van der Waals surface area contributed by atoms with Crippen molar-refractivity contribution in [2.45, 2.75) is 26.7 Å². The number of nitrogens with zero attached hydrogens (tertiary/aromatic N) is 2. The molecular formula is C17H19N3O2S. The first-order valence-corrected chi connectivity index (χ1v) is 8.42. The number of hydrogen-bond donors (Lipinski definition) is 1. The number of rotatable bonds is 4. The lowest BCUT2D eigenvalue weighted by Gasteiger charge is -2.06. The standard InChI is InChI=1S/C17H19N3O2S/c1-10(2)7-14-15-13(17(22)20(3)19-14)9-12(23-15)8-11-5-4-6-18-16(11)21/h4-6,9-10H,7-8H2,1-3H3,(H,18,21). The number of hydrogen-bond acceptors (Lipinski definition) is 4. The van der Waals surface area contributed by atoms with Gasteiger partial charge in [-0.15, -0.1) is 11.3 Å². The zero-order valence-electron chi connectivity index (χ0n) is 13.4. The molecule has 3 aromatic heterocycles. The van der Waals surface area contributed by atoms with E-state index in [4.69, 9.17) is 0 Å². The van der Waals surface area contributed by atoms with Crippen molar-refractivity contribution in [3.63, 3.8) is 0 Å². The fraction of sp³-hybridized carbons (Fsp3) is 0.353. The van der Waals surface area contributed by atoms with Gasteiger partial charge in [-0.05, 0) is 24.5 Å². The van der Waals surface area contributed by atoms with Gasteiger partial charge in [0.1, 0.15) is 0 Å². The second-order valence-corrected chi connectivity index (χ2v) is 7.27. The Morgan fingerprint density at radius 3 is 2.83 bits per heavy atom. The van der Waals surface area contributed by atoms with E-state index in [9.17, 15) is 9.59 Å². The summed E-state index contributed by atoms with van der Waals surface area (Å²) < 4.78 is 2.36. The molecule has 3 aromatic rings. The molecule has 0 aliphatic heterocycles. The summed E-state index contributed by atoms with van der Waals surface area (Å²) in [4.78, 5) is 27.9. The van der Waals surface area contributed by atoms with E-state index in [-0.39, 0.29) is 11.1 Å². The molecule has 0 aliphatic rings. The highest BCUT2D eigenvalue weighted by Gasteiger charge is 2.15. The molecule has 23 heavy (non-hydrogen) atoms. The van der Waals surface area contributed by atoms with Crippen molar-refractivity contribution in [3.8, 4) is 0 Å². The van der Waals surface area contributed by atoms with Crippen LogP contribution in [0.15, 0.2) is 34.0 Å². The van der Waals surface area contributed by atoms with Crippen LogP contribution in [-0.4, -0.2) is 14.8 Å². The summed E-state index contributed by atoms with van der Waals surface area (Å²) in [6.45, 7) is 4.27. The van der Waals surface area contributed by atoms with E-state index >= 15 is 0 Å². The van der Waals surface area contributed by atoms with E-state index in [1.807, 2.05) is 18.2 Å². The molecule has 120 valence electrons. The first-order valence-electron chi connectivity index (χ1n) is 7.61. The van der Waals surface area contributed by atoms with E-state index < -0.39 is 0 Å². The van der Waals surface area contributed by atoms with Crippen molar-refractivity contribution in [2.75, 3.05) is 0 Å². The van der Waals surface area contributed by atoms with Crippen LogP contribution in [0.1, 0.15) is 30.0 Å². The molecular weight excluding hydrogens is 310 g/mol. The molecule has 0 spiro atoms. The van der Waals surface area contributed by atoms with E-state index in [1.165, 1.54) is 4.68 Å². The Bertz CT molecular complexity index is 966. The molecule has 6 heteroatoms. The Labute approximate surface area is 137 Å². The average Bonchev–Trinajstić information content (AvgIpc) is 2.91. The molecule has 0 saturated heterocycles. The quantitative estimate of drug-likeness (QED) is 0.799. The zero-order chi connectivity index (χ0) is 16.6. The third kappa shape index (κ3) is 3.12. The third-order valence-corrected chi connectivity index (χ3v) is 4.89. The second kappa shape index (κ2) is 6.12. The fourth-order valence-electron chi connectivity index (χ4n) is 2.65. The third-order valence-electron chi connectivity index (χ3n) is 3.71. The van der Waals surface area contributed by atoms with Crippen molar-refractivity contribution in [1.82, 2.24) is 14.8 Å². The minimum absolute atomic E-state index is 0.0848. The first kappa shape index (κ1) is 15.7. The zero-order valence-corrected chi connectivity index (χ0v) is 14.2. The number of fused-ring (bicyclic) bond motifs is 1. The summed E-state index contributed by atoms with van der Waals surface area (Å²) in [6.07, 6.45) is 2.98. The maximum Gasteiger partial charge on any atom is 0.275 e. The summed E-state index contributed by atoms with van der Waals surface area (Å²) in [5.74, 6) is 0.464. The largest absolute Gasteiger partial charge is 0.329 e. The van der Waals surface area contributed by atoms with Gasteiger partial charge < -0.3 is 4.98 Å². The normalized spacial score (nSPS) is 11.5. The Balaban J connectivity index is 2.11. The molecule has 3 heterocycles. The molecule has 0 aliphatic carbocycles. The van der Waals surface area contributed by atoms with E-state index in [1.54, 1.807) is 24.6 Å². The predicted octanol–water partition coefficient (Wildman–Crippen LogP) is 2.47. The van der Waals surface area contributed by atoms with E-state index in [0.717, 1.165) is 21.7 Å². The molecule has 1 N–H and O–H groups in total. The Morgan fingerprint density at radius 1 is 1.35 bits per heavy atom. The Kier molecular flexibility index (Phi) is 4.17. The first-order chi connectivity index (χ1) is 11.0. The van der Waals surface area contributed by atoms with Gasteiger partial charge in [0.05, 0.1) is 15.8 Å². The highest BCUT2D eigenvalue weighted by atomic mass is 32.1. The van der Waals surface area contributed by atoms with Gasteiger partial charge in [-0.25, -0.2) is 4.68 Å². The summed E-state index contributed by atoms with van der Waals surface area (Å²) in [5.41, 5.74) is 1.49. The average molecular weight is 329 g/mol. The van der Waals surface area contributed by atoms with Crippen LogP contribution in [0.5, 0.6) is 0 Å². The molecule has 0 unspecified atom stereocenters. The molecule has 3 rings (SSSR count). The van der Waals surface area contributed by atoms with Gasteiger partial charge in [0.15, 0.2) is 0 Å². The van der Waals surface area contributed by atoms with E-state index in [0.29, 0.717) is 23.3 Å². The SMILES string of the molecule is CC(C)Cc1nn(C)c(=O)c2cc(Cc3ccc[nH]c3=O)sc12. The van der Waals surface area contributed by atoms with Crippen LogP contribution in [-0.2, 0) is 19.9 Å². The van der Waals surface area contributed by atoms with E-state index in [2.05, 4.69) is 23.9 Å². The van der Waals surface area contributed by atoms with Crippen LogP contribution >= 0.6 is 11.3 Å². The van der Waals surface area contributed by atoms with Gasteiger partial charge in [0.2, 0.25) is 0 Å². The summed E-state index contributed by atoms with van der Waals surface area (Å²) in [7, 11) is 1.69. The maximum atomic E-state index is 12.3. The van der Waals surface area contributed by atoms with Gasteiger partial charge in [-0.2, -0.15) is 5.10 Å². The van der Waals surface area contributed by atoms with Crippen molar-refractivity contribution in [1.29, 1.82) is 0 Å². The van der Waals surface area contributed by atoms with Crippen LogP contribution in [0, 0.1) is 5.92 Å². The summed E-state index contributed by atoms with van der Waals surface area (Å²) in [6, 6.07) is 5.53. The van der Waals surface area contributed by atoms with Crippen molar-refractivity contribution in [2.24, 2.45) is 13.0 Å². The van der Waals surface area contributed by atoms with Gasteiger partial charge in [0, 0.05) is 30.1 Å². The van der Waals surface area contributed by atoms with Crippen LogP contribution < -0.4 is 11.1 Å². The molecule has 0 bridgehead atoms. The van der Waals surface area contributed by atoms with Crippen LogP contribution in [0.4, 0.5) is 0 Å². The van der Waals surface area contributed by atoms with Gasteiger partial charge >= 0.3 is 0 Å². The number of nitrogens with one attached hydrogen (secondary N) is 1. The summed E-state index contributed by atoms with van der Waals surface area (Å²) in [5, 5.41) is 5.13. The Hall–Kier alpha value is -2.21. The number of aryl methyl sites for hydroxylation is 1. The number of aromatic amines is 1. The molecule has 0 radical (unpaired) electrons. The predicted molar refractivity (Wildman–Crippen MR) is 93.3 cm³/mol. The fourth-order valence-corrected chi connectivity index (χ4v) is 3.82. The van der Waals surface area contributed by atoms with Gasteiger partial charge in [-0.3, -0.25) is 9.59 Å². The van der Waals surface area contributed by atoms with Gasteiger partial charge in [0.25, 0.3) is 11.1 Å². The van der Waals surface area contributed by atoms with Crippen LogP contribution in [0.25, 0.3) is 10.1 Å². The van der Waals surface area contributed by atoms with Crippen molar-refractivity contribution < 1.29 is 0 Å². The topological polar surface area (TPSA) is 67.8 Å². The maximum absolute atomic E-state index is 12.3. The van der Waals surface area contributed by atoms with Crippen LogP contribution in [0.3, 0.4) is 0 Å². The van der Waals surface area contributed by atoms with Crippen molar-refractivity contribution in [3.05, 3.63) is 61.2 Å². The summed E-state index contributed by atoms with van der Waals surface area (Å²) >= 11 is 1.56. The monoisotopic (exact) mass is 329 g/mol. The minimum Gasteiger partial charge on any atom is -0.329 e. The second-order valence-electron chi connectivity index (χ2n) is 6.13. The Morgan fingerprint density at radius 2 is 2.13 bits per heavy atom. The number of aromatic nitrogens is 3. The lowest BCUT2D eigenvalue weighted by molar-refractivity contribution is 0.606. The minimum atomic E-state index is -0.0861. The number of thiophene rings is 1. The lowest BCUT2D eigenvalue weighted by atomic mass is 10.1. The number of pyridine rings is 1. The molecule has 5 nitrogen and oxygen atoms in total. The number of H-pyrrole nitrogens is 1. The molecule has 0 amide bonds. The lowest BCUT2D eigenvalue weighted by Crippen LogP contribution is -2.21.